The Morgan fingerprint density at radius 2 is 1.79 bits per heavy atom. The van der Waals surface area contributed by atoms with Crippen LogP contribution in [-0.2, 0) is 0 Å². The molecule has 2 rings (SSSR count). The van der Waals surface area contributed by atoms with Gasteiger partial charge in [0.05, 0.1) is 10.0 Å². The summed E-state index contributed by atoms with van der Waals surface area (Å²) in [6.07, 6.45) is 0. The molecule has 19 heavy (non-hydrogen) atoms. The van der Waals surface area contributed by atoms with Gasteiger partial charge in [0.2, 0.25) is 0 Å². The third-order valence-corrected chi connectivity index (χ3v) is 3.37. The highest BCUT2D eigenvalue weighted by Crippen LogP contribution is 2.24. The molecule has 2 aromatic rings. The molecule has 1 amide bonds. The van der Waals surface area contributed by atoms with Crippen LogP contribution < -0.4 is 5.32 Å². The van der Waals surface area contributed by atoms with E-state index in [1.165, 1.54) is 24.3 Å². The van der Waals surface area contributed by atoms with Crippen molar-refractivity contribution in [2.45, 2.75) is 0 Å². The van der Waals surface area contributed by atoms with Gasteiger partial charge in [-0.2, -0.15) is 0 Å². The third kappa shape index (κ3) is 3.47. The Balaban J connectivity index is 2.28. The summed E-state index contributed by atoms with van der Waals surface area (Å²) in [5, 5.41) is 3.31. The SMILES string of the molecule is O=C(Nc1cc(Cl)cc(Cl)c1)c1cccc(Br)c1F. The molecule has 0 aromatic heterocycles. The van der Waals surface area contributed by atoms with Crippen molar-refractivity contribution in [1.82, 2.24) is 0 Å². The largest absolute Gasteiger partial charge is 0.322 e. The highest BCUT2D eigenvalue weighted by atomic mass is 79.9. The lowest BCUT2D eigenvalue weighted by Crippen LogP contribution is -2.13. The third-order valence-electron chi connectivity index (χ3n) is 2.32. The number of hydrogen-bond donors (Lipinski definition) is 1. The molecule has 0 bridgehead atoms. The molecule has 0 atom stereocenters. The van der Waals surface area contributed by atoms with Crippen molar-refractivity contribution in [2.75, 3.05) is 5.32 Å². The first-order valence-electron chi connectivity index (χ1n) is 5.19. The lowest BCUT2D eigenvalue weighted by Gasteiger charge is -2.07. The van der Waals surface area contributed by atoms with Gasteiger partial charge in [-0.1, -0.05) is 29.3 Å². The summed E-state index contributed by atoms with van der Waals surface area (Å²) in [4.78, 5) is 12.0. The molecule has 0 saturated heterocycles. The Hall–Kier alpha value is -1.10. The Labute approximate surface area is 127 Å². The lowest BCUT2D eigenvalue weighted by atomic mass is 10.2. The van der Waals surface area contributed by atoms with Crippen molar-refractivity contribution in [3.05, 3.63) is 62.3 Å². The smallest absolute Gasteiger partial charge is 0.258 e. The maximum absolute atomic E-state index is 13.8. The molecular weight excluding hydrogens is 356 g/mol. The molecule has 2 aromatic carbocycles. The summed E-state index contributed by atoms with van der Waals surface area (Å²) in [6, 6.07) is 9.08. The van der Waals surface area contributed by atoms with Gasteiger partial charge in [-0.3, -0.25) is 4.79 Å². The molecule has 0 unspecified atom stereocenters. The van der Waals surface area contributed by atoms with Gasteiger partial charge in [-0.15, -0.1) is 0 Å². The van der Waals surface area contributed by atoms with Crippen molar-refractivity contribution in [3.63, 3.8) is 0 Å². The molecule has 1 N–H and O–H groups in total. The summed E-state index contributed by atoms with van der Waals surface area (Å²) in [7, 11) is 0. The van der Waals surface area contributed by atoms with E-state index < -0.39 is 11.7 Å². The number of hydrogen-bond acceptors (Lipinski definition) is 1. The maximum Gasteiger partial charge on any atom is 0.258 e. The number of rotatable bonds is 2. The number of benzene rings is 2. The molecule has 0 fully saturated rings. The predicted octanol–water partition coefficient (Wildman–Crippen LogP) is 5.15. The number of halogens is 4. The minimum atomic E-state index is -0.617. The second-order valence-electron chi connectivity index (χ2n) is 3.71. The molecule has 2 nitrogen and oxygen atoms in total. The molecule has 98 valence electrons. The zero-order valence-corrected chi connectivity index (χ0v) is 12.5. The second kappa shape index (κ2) is 5.90. The van der Waals surface area contributed by atoms with E-state index in [4.69, 9.17) is 23.2 Å². The summed E-state index contributed by atoms with van der Waals surface area (Å²) in [5.41, 5.74) is 0.340. The van der Waals surface area contributed by atoms with Crippen molar-refractivity contribution in [2.24, 2.45) is 0 Å². The topological polar surface area (TPSA) is 29.1 Å². The van der Waals surface area contributed by atoms with E-state index in [2.05, 4.69) is 21.2 Å². The zero-order chi connectivity index (χ0) is 14.0. The molecule has 6 heteroatoms. The van der Waals surface area contributed by atoms with Crippen LogP contribution in [0, 0.1) is 5.82 Å². The summed E-state index contributed by atoms with van der Waals surface area (Å²) in [5.74, 6) is -1.19. The Kier molecular flexibility index (Phi) is 4.45. The fraction of sp³-hybridized carbons (Fsp3) is 0. The van der Waals surface area contributed by atoms with Crippen LogP contribution in [0.4, 0.5) is 10.1 Å². The predicted molar refractivity (Wildman–Crippen MR) is 78.5 cm³/mol. The summed E-state index contributed by atoms with van der Waals surface area (Å²) >= 11 is 14.7. The minimum absolute atomic E-state index is 0.0644. The first kappa shape index (κ1) is 14.3. The first-order valence-corrected chi connectivity index (χ1v) is 6.74. The molecule has 0 aliphatic rings. The van der Waals surface area contributed by atoms with Crippen LogP contribution in [0.2, 0.25) is 10.0 Å². The van der Waals surface area contributed by atoms with Crippen LogP contribution >= 0.6 is 39.1 Å². The molecule has 0 radical (unpaired) electrons. The molecule has 0 spiro atoms. The summed E-state index contributed by atoms with van der Waals surface area (Å²) in [6.45, 7) is 0. The van der Waals surface area contributed by atoms with E-state index in [-0.39, 0.29) is 10.0 Å². The fourth-order valence-corrected chi connectivity index (χ4v) is 2.40. The normalized spacial score (nSPS) is 10.3. The number of anilines is 1. The molecule has 0 saturated carbocycles. The van der Waals surface area contributed by atoms with Gasteiger partial charge >= 0.3 is 0 Å². The van der Waals surface area contributed by atoms with Gasteiger partial charge in [0, 0.05) is 15.7 Å². The van der Waals surface area contributed by atoms with E-state index in [1.807, 2.05) is 0 Å². The van der Waals surface area contributed by atoms with Gasteiger partial charge in [0.25, 0.3) is 5.91 Å². The Bertz CT molecular complexity index is 628. The van der Waals surface area contributed by atoms with Gasteiger partial charge in [-0.05, 0) is 46.3 Å². The number of amides is 1. The average Bonchev–Trinajstić information content (AvgIpc) is 2.31. The van der Waals surface area contributed by atoms with Gasteiger partial charge in [0.15, 0.2) is 0 Å². The average molecular weight is 363 g/mol. The lowest BCUT2D eigenvalue weighted by molar-refractivity contribution is 0.102. The van der Waals surface area contributed by atoms with E-state index in [0.29, 0.717) is 15.7 Å². The standard InChI is InChI=1S/C13H7BrCl2FNO/c14-11-3-1-2-10(12(11)17)13(19)18-9-5-7(15)4-8(16)6-9/h1-6H,(H,18,19). The van der Waals surface area contributed by atoms with E-state index in [1.54, 1.807) is 12.1 Å². The molecule has 0 heterocycles. The van der Waals surface area contributed by atoms with Crippen LogP contribution in [0.15, 0.2) is 40.9 Å². The number of carbonyl (C=O) groups excluding carboxylic acids is 1. The highest BCUT2D eigenvalue weighted by molar-refractivity contribution is 9.10. The maximum atomic E-state index is 13.8. The molecular formula is C13H7BrCl2FNO. The Morgan fingerprint density at radius 1 is 1.16 bits per heavy atom. The van der Waals surface area contributed by atoms with Crippen molar-refractivity contribution < 1.29 is 9.18 Å². The monoisotopic (exact) mass is 361 g/mol. The van der Waals surface area contributed by atoms with Gasteiger partial charge < -0.3 is 5.32 Å². The van der Waals surface area contributed by atoms with Crippen molar-refractivity contribution in [1.29, 1.82) is 0 Å². The van der Waals surface area contributed by atoms with E-state index in [0.717, 1.165) is 0 Å². The highest BCUT2D eigenvalue weighted by Gasteiger charge is 2.14. The van der Waals surface area contributed by atoms with Crippen LogP contribution in [-0.4, -0.2) is 5.91 Å². The van der Waals surface area contributed by atoms with Crippen LogP contribution in [0.25, 0.3) is 0 Å². The first-order chi connectivity index (χ1) is 8.97. The van der Waals surface area contributed by atoms with Crippen molar-refractivity contribution >= 4 is 50.7 Å². The van der Waals surface area contributed by atoms with Gasteiger partial charge in [0.1, 0.15) is 5.82 Å². The minimum Gasteiger partial charge on any atom is -0.322 e. The van der Waals surface area contributed by atoms with Gasteiger partial charge in [-0.25, -0.2) is 4.39 Å². The number of nitrogens with one attached hydrogen (secondary N) is 1. The van der Waals surface area contributed by atoms with E-state index >= 15 is 0 Å². The molecule has 0 aliphatic carbocycles. The quantitative estimate of drug-likeness (QED) is 0.786. The molecule has 0 aliphatic heterocycles. The second-order valence-corrected chi connectivity index (χ2v) is 5.44. The summed E-state index contributed by atoms with van der Waals surface area (Å²) < 4.78 is 14.0. The zero-order valence-electron chi connectivity index (χ0n) is 9.38. The van der Waals surface area contributed by atoms with E-state index in [9.17, 15) is 9.18 Å². The van der Waals surface area contributed by atoms with Crippen LogP contribution in [0.5, 0.6) is 0 Å². The number of carbonyl (C=O) groups is 1. The van der Waals surface area contributed by atoms with Crippen LogP contribution in [0.1, 0.15) is 10.4 Å². The Morgan fingerprint density at radius 3 is 2.42 bits per heavy atom. The fourth-order valence-electron chi connectivity index (χ4n) is 1.50. The van der Waals surface area contributed by atoms with Crippen LogP contribution in [0.3, 0.4) is 0 Å². The van der Waals surface area contributed by atoms with Crippen molar-refractivity contribution in [3.8, 4) is 0 Å².